The summed E-state index contributed by atoms with van der Waals surface area (Å²) in [6, 6.07) is 0. The smallest absolute Gasteiger partial charge is 0.307 e. The van der Waals surface area contributed by atoms with Crippen LogP contribution in [0.4, 0.5) is 0 Å². The summed E-state index contributed by atoms with van der Waals surface area (Å²) in [4.78, 5) is 29.8. The second kappa shape index (κ2) is 8.56. The SMILES string of the molecule is CCOC(=O)CCN(CC1CC1)C(=O)c1nc(Cl)c(Cl)c(Cl)c1Cl. The molecule has 0 saturated heterocycles. The van der Waals surface area contributed by atoms with Crippen molar-refractivity contribution in [1.29, 1.82) is 0 Å². The van der Waals surface area contributed by atoms with E-state index in [1.54, 1.807) is 6.92 Å². The first-order valence-electron chi connectivity index (χ1n) is 7.50. The third-order valence-corrected chi connectivity index (χ3v) is 5.22. The Labute approximate surface area is 160 Å². The van der Waals surface area contributed by atoms with E-state index in [-0.39, 0.29) is 44.8 Å². The van der Waals surface area contributed by atoms with Gasteiger partial charge >= 0.3 is 5.97 Å². The van der Waals surface area contributed by atoms with Crippen LogP contribution in [0.2, 0.25) is 20.2 Å². The van der Waals surface area contributed by atoms with Gasteiger partial charge in [0.2, 0.25) is 0 Å². The van der Waals surface area contributed by atoms with Crippen molar-refractivity contribution in [3.8, 4) is 0 Å². The van der Waals surface area contributed by atoms with E-state index in [4.69, 9.17) is 51.1 Å². The van der Waals surface area contributed by atoms with Crippen molar-refractivity contribution in [2.24, 2.45) is 5.92 Å². The Balaban J connectivity index is 2.19. The number of aromatic nitrogens is 1. The second-order valence-electron chi connectivity index (χ2n) is 5.44. The van der Waals surface area contributed by atoms with Crippen LogP contribution in [0.5, 0.6) is 0 Å². The molecule has 0 atom stereocenters. The Morgan fingerprint density at radius 2 is 1.83 bits per heavy atom. The number of halogens is 4. The Morgan fingerprint density at radius 3 is 2.42 bits per heavy atom. The van der Waals surface area contributed by atoms with Gasteiger partial charge in [0, 0.05) is 13.1 Å². The van der Waals surface area contributed by atoms with E-state index in [0.717, 1.165) is 12.8 Å². The van der Waals surface area contributed by atoms with Crippen LogP contribution in [0.3, 0.4) is 0 Å². The second-order valence-corrected chi connectivity index (χ2v) is 6.93. The number of nitrogens with zero attached hydrogens (tertiary/aromatic N) is 2. The number of hydrogen-bond acceptors (Lipinski definition) is 4. The van der Waals surface area contributed by atoms with Gasteiger partial charge in [-0.1, -0.05) is 46.4 Å². The van der Waals surface area contributed by atoms with Gasteiger partial charge in [-0.05, 0) is 25.7 Å². The number of carbonyl (C=O) groups is 2. The van der Waals surface area contributed by atoms with Crippen molar-refractivity contribution in [3.05, 3.63) is 25.9 Å². The van der Waals surface area contributed by atoms with Crippen molar-refractivity contribution in [3.63, 3.8) is 0 Å². The molecule has 0 aliphatic heterocycles. The first-order valence-corrected chi connectivity index (χ1v) is 9.01. The van der Waals surface area contributed by atoms with Crippen LogP contribution in [0.25, 0.3) is 0 Å². The average Bonchev–Trinajstić information content (AvgIpc) is 3.36. The highest BCUT2D eigenvalue weighted by Gasteiger charge is 2.30. The molecule has 132 valence electrons. The van der Waals surface area contributed by atoms with Gasteiger partial charge in [0.05, 0.1) is 28.1 Å². The summed E-state index contributed by atoms with van der Waals surface area (Å²) in [6.07, 6.45) is 2.19. The molecule has 1 aromatic rings. The molecule has 0 unspecified atom stereocenters. The van der Waals surface area contributed by atoms with Crippen molar-refractivity contribution in [2.45, 2.75) is 26.2 Å². The molecule has 1 aliphatic carbocycles. The predicted molar refractivity (Wildman–Crippen MR) is 94.2 cm³/mol. The summed E-state index contributed by atoms with van der Waals surface area (Å²) in [5.41, 5.74) is -0.0689. The zero-order valence-electron chi connectivity index (χ0n) is 13.0. The van der Waals surface area contributed by atoms with Gasteiger partial charge < -0.3 is 9.64 Å². The number of amides is 1. The maximum Gasteiger partial charge on any atom is 0.307 e. The van der Waals surface area contributed by atoms with Gasteiger partial charge in [0.25, 0.3) is 5.91 Å². The molecule has 1 aromatic heterocycles. The highest BCUT2D eigenvalue weighted by atomic mass is 35.5. The zero-order valence-corrected chi connectivity index (χ0v) is 16.0. The Hall–Kier alpha value is -0.750. The molecular formula is C15H16Cl4N2O3. The lowest BCUT2D eigenvalue weighted by Gasteiger charge is -2.22. The van der Waals surface area contributed by atoms with Gasteiger partial charge in [0.1, 0.15) is 10.8 Å². The highest BCUT2D eigenvalue weighted by Crippen LogP contribution is 2.37. The number of hydrogen-bond donors (Lipinski definition) is 0. The maximum absolute atomic E-state index is 12.8. The fourth-order valence-corrected chi connectivity index (χ4v) is 2.93. The standard InChI is InChI=1S/C15H16Cl4N2O3/c1-2-24-9(22)5-6-21(7-8-3-4-8)15(23)13-11(17)10(16)12(18)14(19)20-13/h8H,2-7H2,1H3. The molecule has 0 radical (unpaired) electrons. The van der Waals surface area contributed by atoms with Gasteiger partial charge in [-0.25, -0.2) is 4.98 Å². The van der Waals surface area contributed by atoms with E-state index in [2.05, 4.69) is 4.98 Å². The fourth-order valence-electron chi connectivity index (χ4n) is 2.13. The van der Waals surface area contributed by atoms with Crippen LogP contribution in [0, 0.1) is 5.92 Å². The number of esters is 1. The largest absolute Gasteiger partial charge is 0.466 e. The Morgan fingerprint density at radius 1 is 1.17 bits per heavy atom. The third kappa shape index (κ3) is 4.88. The summed E-state index contributed by atoms with van der Waals surface area (Å²) >= 11 is 23.9. The molecular weight excluding hydrogens is 398 g/mol. The number of ether oxygens (including phenoxy) is 1. The van der Waals surface area contributed by atoms with Gasteiger partial charge in [-0.15, -0.1) is 0 Å². The lowest BCUT2D eigenvalue weighted by molar-refractivity contribution is -0.143. The van der Waals surface area contributed by atoms with Crippen molar-refractivity contribution >= 4 is 58.3 Å². The Kier molecular flexibility index (Phi) is 6.99. The fraction of sp³-hybridized carbons (Fsp3) is 0.533. The highest BCUT2D eigenvalue weighted by molar-refractivity contribution is 6.52. The first-order chi connectivity index (χ1) is 11.3. The molecule has 1 aliphatic rings. The van der Waals surface area contributed by atoms with E-state index in [1.165, 1.54) is 4.90 Å². The molecule has 24 heavy (non-hydrogen) atoms. The van der Waals surface area contributed by atoms with E-state index >= 15 is 0 Å². The number of rotatable bonds is 7. The molecule has 1 fully saturated rings. The summed E-state index contributed by atoms with van der Waals surface area (Å²) < 4.78 is 4.90. The van der Waals surface area contributed by atoms with Crippen LogP contribution in [-0.2, 0) is 9.53 Å². The molecule has 0 N–H and O–H groups in total. The quantitative estimate of drug-likeness (QED) is 0.487. The summed E-state index contributed by atoms with van der Waals surface area (Å²) in [7, 11) is 0. The minimum absolute atomic E-state index is 0.000139. The monoisotopic (exact) mass is 412 g/mol. The van der Waals surface area contributed by atoms with Crippen molar-refractivity contribution in [1.82, 2.24) is 9.88 Å². The maximum atomic E-state index is 12.8. The van der Waals surface area contributed by atoms with Crippen LogP contribution in [-0.4, -0.2) is 41.5 Å². The number of pyridine rings is 1. The lowest BCUT2D eigenvalue weighted by Crippen LogP contribution is -2.35. The molecule has 0 aromatic carbocycles. The zero-order chi connectivity index (χ0) is 17.9. The molecule has 1 amide bonds. The van der Waals surface area contributed by atoms with Crippen LogP contribution >= 0.6 is 46.4 Å². The normalized spacial score (nSPS) is 13.7. The molecule has 9 heteroatoms. The average molecular weight is 414 g/mol. The summed E-state index contributed by atoms with van der Waals surface area (Å²) in [5, 5.41) is -0.155. The summed E-state index contributed by atoms with van der Waals surface area (Å²) in [6.45, 7) is 2.76. The molecule has 2 rings (SSSR count). The minimum atomic E-state index is -0.434. The van der Waals surface area contributed by atoms with E-state index in [0.29, 0.717) is 19.1 Å². The molecule has 0 bridgehead atoms. The van der Waals surface area contributed by atoms with E-state index in [1.807, 2.05) is 0 Å². The molecule has 5 nitrogen and oxygen atoms in total. The van der Waals surface area contributed by atoms with Crippen LogP contribution < -0.4 is 0 Å². The molecule has 0 spiro atoms. The predicted octanol–water partition coefficient (Wildman–Crippen LogP) is 4.50. The first kappa shape index (κ1) is 19.6. The lowest BCUT2D eigenvalue weighted by atomic mass is 10.2. The number of carbonyl (C=O) groups excluding carboxylic acids is 2. The van der Waals surface area contributed by atoms with Gasteiger partial charge in [-0.3, -0.25) is 9.59 Å². The Bertz CT molecular complexity index is 650. The molecule has 1 heterocycles. The topological polar surface area (TPSA) is 59.5 Å². The van der Waals surface area contributed by atoms with Crippen molar-refractivity contribution < 1.29 is 14.3 Å². The van der Waals surface area contributed by atoms with Crippen LogP contribution in [0.15, 0.2) is 0 Å². The van der Waals surface area contributed by atoms with Crippen molar-refractivity contribution in [2.75, 3.05) is 19.7 Å². The van der Waals surface area contributed by atoms with Gasteiger partial charge in [-0.2, -0.15) is 0 Å². The van der Waals surface area contributed by atoms with Crippen LogP contribution in [0.1, 0.15) is 36.7 Å². The minimum Gasteiger partial charge on any atom is -0.466 e. The third-order valence-electron chi connectivity index (χ3n) is 3.54. The summed E-state index contributed by atoms with van der Waals surface area (Å²) in [5.74, 6) is -0.373. The van der Waals surface area contributed by atoms with E-state index < -0.39 is 5.91 Å². The van der Waals surface area contributed by atoms with E-state index in [9.17, 15) is 9.59 Å². The molecule has 1 saturated carbocycles. The van der Waals surface area contributed by atoms with Gasteiger partial charge in [0.15, 0.2) is 0 Å².